The van der Waals surface area contributed by atoms with Gasteiger partial charge in [0.25, 0.3) is 0 Å². The van der Waals surface area contributed by atoms with Crippen molar-refractivity contribution in [1.82, 2.24) is 14.6 Å². The van der Waals surface area contributed by atoms with Crippen LogP contribution in [0.5, 0.6) is 0 Å². The molecule has 2 heterocycles. The van der Waals surface area contributed by atoms with E-state index in [-0.39, 0.29) is 5.25 Å². The molecule has 5 nitrogen and oxygen atoms in total. The van der Waals surface area contributed by atoms with Crippen LogP contribution >= 0.6 is 0 Å². The zero-order chi connectivity index (χ0) is 16.2. The summed E-state index contributed by atoms with van der Waals surface area (Å²) in [5, 5.41) is 3.24. The monoisotopic (exact) mass is 325 g/mol. The van der Waals surface area contributed by atoms with E-state index in [1.165, 1.54) is 0 Å². The minimum atomic E-state index is -3.14. The molecule has 1 N–H and O–H groups in total. The molecule has 0 aliphatic carbocycles. The Morgan fingerprint density at radius 3 is 2.82 bits per heavy atom. The third kappa shape index (κ3) is 4.06. The third-order valence-corrected chi connectivity index (χ3v) is 6.71. The maximum atomic E-state index is 12.3. The molecule has 124 valence electrons. The molecule has 0 saturated carbocycles. The maximum Gasteiger partial charge on any atom is 0.216 e. The van der Waals surface area contributed by atoms with E-state index in [0.29, 0.717) is 25.0 Å². The summed E-state index contributed by atoms with van der Waals surface area (Å²) in [6.07, 6.45) is 5.49. The number of sulfonamides is 1. The van der Waals surface area contributed by atoms with Gasteiger partial charge < -0.3 is 5.32 Å². The molecule has 22 heavy (non-hydrogen) atoms. The Kier molecular flexibility index (Phi) is 5.94. The van der Waals surface area contributed by atoms with Crippen LogP contribution < -0.4 is 5.32 Å². The Balaban J connectivity index is 1.96. The van der Waals surface area contributed by atoms with E-state index >= 15 is 0 Å². The Hall–Kier alpha value is -0.980. The first-order valence-corrected chi connectivity index (χ1v) is 9.56. The van der Waals surface area contributed by atoms with Crippen LogP contribution in [0.4, 0.5) is 0 Å². The SMILES string of the molecule is CC[C@H]1CN(S(=O)(=O)C(C)C)CC[C@H]1NCc1cccnc1. The van der Waals surface area contributed by atoms with Crippen molar-refractivity contribution < 1.29 is 8.42 Å². The van der Waals surface area contributed by atoms with Crippen LogP contribution in [-0.4, -0.2) is 42.1 Å². The Morgan fingerprint density at radius 2 is 2.23 bits per heavy atom. The largest absolute Gasteiger partial charge is 0.309 e. The summed E-state index contributed by atoms with van der Waals surface area (Å²) >= 11 is 0. The smallest absolute Gasteiger partial charge is 0.216 e. The lowest BCUT2D eigenvalue weighted by molar-refractivity contribution is 0.200. The Bertz CT molecular complexity index is 560. The Morgan fingerprint density at radius 1 is 1.45 bits per heavy atom. The minimum absolute atomic E-state index is 0.343. The van der Waals surface area contributed by atoms with E-state index in [4.69, 9.17) is 0 Å². The van der Waals surface area contributed by atoms with Crippen molar-refractivity contribution in [3.05, 3.63) is 30.1 Å². The van der Waals surface area contributed by atoms with Crippen LogP contribution in [0.15, 0.2) is 24.5 Å². The molecule has 1 aromatic rings. The molecule has 0 radical (unpaired) electrons. The summed E-state index contributed by atoms with van der Waals surface area (Å²) < 4.78 is 26.3. The summed E-state index contributed by atoms with van der Waals surface area (Å²) in [6, 6.07) is 4.36. The van der Waals surface area contributed by atoms with Gasteiger partial charge in [0.1, 0.15) is 0 Å². The molecule has 0 unspecified atom stereocenters. The van der Waals surface area contributed by atoms with Crippen molar-refractivity contribution in [2.45, 2.75) is 51.4 Å². The van der Waals surface area contributed by atoms with Crippen molar-refractivity contribution in [1.29, 1.82) is 0 Å². The van der Waals surface area contributed by atoms with Crippen LogP contribution in [0.25, 0.3) is 0 Å². The number of hydrogen-bond donors (Lipinski definition) is 1. The lowest BCUT2D eigenvalue weighted by Gasteiger charge is -2.38. The fourth-order valence-corrected chi connectivity index (χ4v) is 4.32. The highest BCUT2D eigenvalue weighted by atomic mass is 32.2. The minimum Gasteiger partial charge on any atom is -0.309 e. The normalized spacial score (nSPS) is 23.8. The predicted octanol–water partition coefficient (Wildman–Crippen LogP) is 2.01. The summed E-state index contributed by atoms with van der Waals surface area (Å²) in [5.41, 5.74) is 1.16. The molecule has 6 heteroatoms. The number of nitrogens with one attached hydrogen (secondary N) is 1. The molecule has 1 fully saturated rings. The topological polar surface area (TPSA) is 62.3 Å². The van der Waals surface area contributed by atoms with E-state index < -0.39 is 10.0 Å². The van der Waals surface area contributed by atoms with Crippen LogP contribution in [0, 0.1) is 5.92 Å². The second-order valence-corrected chi connectivity index (χ2v) is 8.75. The number of pyridine rings is 1. The lowest BCUT2D eigenvalue weighted by atomic mass is 9.91. The van der Waals surface area contributed by atoms with Gasteiger partial charge in [-0.25, -0.2) is 12.7 Å². The highest BCUT2D eigenvalue weighted by Gasteiger charge is 2.34. The van der Waals surface area contributed by atoms with Crippen molar-refractivity contribution >= 4 is 10.0 Å². The number of rotatable bonds is 6. The van der Waals surface area contributed by atoms with Gasteiger partial charge in [0.2, 0.25) is 10.0 Å². The van der Waals surface area contributed by atoms with Crippen LogP contribution in [0.3, 0.4) is 0 Å². The van der Waals surface area contributed by atoms with Crippen LogP contribution in [0.1, 0.15) is 39.2 Å². The van der Waals surface area contributed by atoms with Gasteiger partial charge in [0.05, 0.1) is 5.25 Å². The molecule has 0 spiro atoms. The molecule has 1 saturated heterocycles. The first-order chi connectivity index (χ1) is 10.4. The first-order valence-electron chi connectivity index (χ1n) is 8.06. The molecule has 1 aromatic heterocycles. The van der Waals surface area contributed by atoms with E-state index in [0.717, 1.165) is 24.9 Å². The Labute approximate surface area is 134 Å². The average Bonchev–Trinajstić information content (AvgIpc) is 2.53. The van der Waals surface area contributed by atoms with E-state index in [2.05, 4.69) is 23.3 Å². The van der Waals surface area contributed by atoms with Crippen molar-refractivity contribution in [3.8, 4) is 0 Å². The predicted molar refractivity (Wildman–Crippen MR) is 88.9 cm³/mol. The van der Waals surface area contributed by atoms with Crippen molar-refractivity contribution in [2.75, 3.05) is 13.1 Å². The van der Waals surface area contributed by atoms with Gasteiger partial charge in [-0.2, -0.15) is 0 Å². The molecule has 2 rings (SSSR count). The average molecular weight is 325 g/mol. The number of piperidine rings is 1. The highest BCUT2D eigenvalue weighted by molar-refractivity contribution is 7.89. The molecule has 1 aliphatic heterocycles. The third-order valence-electron chi connectivity index (χ3n) is 4.47. The van der Waals surface area contributed by atoms with Crippen molar-refractivity contribution in [2.24, 2.45) is 5.92 Å². The summed E-state index contributed by atoms with van der Waals surface area (Å²) in [7, 11) is -3.14. The second-order valence-electron chi connectivity index (χ2n) is 6.26. The van der Waals surface area contributed by atoms with Gasteiger partial charge >= 0.3 is 0 Å². The molecular weight excluding hydrogens is 298 g/mol. The first kappa shape index (κ1) is 17.4. The van der Waals surface area contributed by atoms with E-state index in [1.54, 1.807) is 24.3 Å². The van der Waals surface area contributed by atoms with Gasteiger partial charge in [-0.15, -0.1) is 0 Å². The fraction of sp³-hybridized carbons (Fsp3) is 0.688. The molecule has 0 bridgehead atoms. The van der Waals surface area contributed by atoms with Gasteiger partial charge in [-0.1, -0.05) is 19.4 Å². The number of nitrogens with zero attached hydrogens (tertiary/aromatic N) is 2. The number of aromatic nitrogens is 1. The van der Waals surface area contributed by atoms with Crippen molar-refractivity contribution in [3.63, 3.8) is 0 Å². The van der Waals surface area contributed by atoms with Crippen LogP contribution in [-0.2, 0) is 16.6 Å². The van der Waals surface area contributed by atoms with Gasteiger partial charge in [0, 0.05) is 38.1 Å². The van der Waals surface area contributed by atoms with Gasteiger partial charge in [-0.3, -0.25) is 4.98 Å². The zero-order valence-corrected chi connectivity index (χ0v) is 14.5. The summed E-state index contributed by atoms with van der Waals surface area (Å²) in [5.74, 6) is 0.360. The highest BCUT2D eigenvalue weighted by Crippen LogP contribution is 2.24. The standard InChI is InChI=1S/C16H27N3O2S/c1-4-15-12-19(22(20,21)13(2)3)9-7-16(15)18-11-14-6-5-8-17-10-14/h5-6,8,10,13,15-16,18H,4,7,9,11-12H2,1-3H3/t15-,16+/m0/s1. The second kappa shape index (κ2) is 7.53. The van der Waals surface area contributed by atoms with Crippen LogP contribution in [0.2, 0.25) is 0 Å². The summed E-state index contributed by atoms with van der Waals surface area (Å²) in [4.78, 5) is 4.12. The molecular formula is C16H27N3O2S. The van der Waals surface area contributed by atoms with Gasteiger partial charge in [-0.05, 0) is 37.8 Å². The maximum absolute atomic E-state index is 12.3. The number of hydrogen-bond acceptors (Lipinski definition) is 4. The van der Waals surface area contributed by atoms with E-state index in [9.17, 15) is 8.42 Å². The summed E-state index contributed by atoms with van der Waals surface area (Å²) in [6.45, 7) is 7.66. The quantitative estimate of drug-likeness (QED) is 0.869. The molecule has 2 atom stereocenters. The fourth-order valence-electron chi connectivity index (χ4n) is 2.96. The molecule has 0 aromatic carbocycles. The lowest BCUT2D eigenvalue weighted by Crippen LogP contribution is -2.51. The molecule has 0 amide bonds. The van der Waals surface area contributed by atoms with Gasteiger partial charge in [0.15, 0.2) is 0 Å². The zero-order valence-electron chi connectivity index (χ0n) is 13.7. The van der Waals surface area contributed by atoms with E-state index in [1.807, 2.05) is 12.3 Å². The molecule has 1 aliphatic rings.